The maximum Gasteiger partial charge on any atom is 0.269 e. The number of carbonyl (C=O) groups is 2. The number of amides is 2. The van der Waals surface area contributed by atoms with Gasteiger partial charge in [-0.3, -0.25) is 9.59 Å². The molecule has 0 saturated carbocycles. The van der Waals surface area contributed by atoms with Crippen LogP contribution in [0.15, 0.2) is 40.9 Å². The first-order valence-corrected chi connectivity index (χ1v) is 9.64. The standard InChI is InChI=1S/C22H24N4O3/c1-14-9-18(29-24-14)12-21(27)26-8-4-5-17(13-26)15-6-7-16-11-20(22(28)25(2)3)23-19(16)10-15/h5-7,9-11,23H,4,8,12-13H2,1-3H3. The minimum atomic E-state index is -0.0564. The number of hydrogen-bond acceptors (Lipinski definition) is 4. The van der Waals surface area contributed by atoms with Crippen molar-refractivity contribution >= 4 is 28.3 Å². The van der Waals surface area contributed by atoms with Gasteiger partial charge < -0.3 is 19.3 Å². The molecular weight excluding hydrogens is 368 g/mol. The molecule has 0 bridgehead atoms. The maximum absolute atomic E-state index is 12.7. The van der Waals surface area contributed by atoms with Crippen LogP contribution in [0.25, 0.3) is 16.5 Å². The largest absolute Gasteiger partial charge is 0.361 e. The van der Waals surface area contributed by atoms with E-state index in [1.54, 1.807) is 25.1 Å². The molecule has 2 amide bonds. The van der Waals surface area contributed by atoms with Crippen LogP contribution in [-0.2, 0) is 11.2 Å². The SMILES string of the molecule is Cc1cc(CC(=O)N2CCC=C(c3ccc4cc(C(=O)N(C)C)[nH]c4c3)C2)on1. The molecule has 1 N–H and O–H groups in total. The van der Waals surface area contributed by atoms with Gasteiger partial charge in [-0.25, -0.2) is 0 Å². The predicted molar refractivity (Wildman–Crippen MR) is 110 cm³/mol. The normalized spacial score (nSPS) is 14.2. The molecule has 1 aromatic carbocycles. The lowest BCUT2D eigenvalue weighted by Crippen LogP contribution is -2.36. The summed E-state index contributed by atoms with van der Waals surface area (Å²) in [7, 11) is 3.47. The Balaban J connectivity index is 1.51. The summed E-state index contributed by atoms with van der Waals surface area (Å²) >= 11 is 0. The molecule has 7 heteroatoms. The smallest absolute Gasteiger partial charge is 0.269 e. The van der Waals surface area contributed by atoms with E-state index in [2.05, 4.69) is 16.2 Å². The monoisotopic (exact) mass is 392 g/mol. The van der Waals surface area contributed by atoms with Gasteiger partial charge in [0, 0.05) is 44.2 Å². The molecule has 4 rings (SSSR count). The number of H-pyrrole nitrogens is 1. The van der Waals surface area contributed by atoms with Crippen molar-refractivity contribution < 1.29 is 14.1 Å². The highest BCUT2D eigenvalue weighted by atomic mass is 16.5. The van der Waals surface area contributed by atoms with Gasteiger partial charge in [-0.05, 0) is 36.6 Å². The van der Waals surface area contributed by atoms with Crippen LogP contribution in [0, 0.1) is 6.92 Å². The molecular formula is C22H24N4O3. The summed E-state index contributed by atoms with van der Waals surface area (Å²) in [5.41, 5.74) is 4.41. The molecule has 3 aromatic rings. The Kier molecular flexibility index (Phi) is 4.96. The number of nitrogens with zero attached hydrogens (tertiary/aromatic N) is 3. The molecule has 0 radical (unpaired) electrons. The summed E-state index contributed by atoms with van der Waals surface area (Å²) in [5, 5.41) is 4.83. The van der Waals surface area contributed by atoms with E-state index in [9.17, 15) is 9.59 Å². The van der Waals surface area contributed by atoms with E-state index in [0.717, 1.165) is 34.2 Å². The Morgan fingerprint density at radius 3 is 2.79 bits per heavy atom. The number of carbonyl (C=O) groups excluding carboxylic acids is 2. The van der Waals surface area contributed by atoms with Crippen molar-refractivity contribution in [1.29, 1.82) is 0 Å². The zero-order chi connectivity index (χ0) is 20.5. The van der Waals surface area contributed by atoms with Crippen LogP contribution >= 0.6 is 0 Å². The first-order chi connectivity index (χ1) is 13.9. The second-order valence-corrected chi connectivity index (χ2v) is 7.63. The topological polar surface area (TPSA) is 82.4 Å². The van der Waals surface area contributed by atoms with Crippen molar-refractivity contribution in [3.63, 3.8) is 0 Å². The third kappa shape index (κ3) is 3.94. The zero-order valence-electron chi connectivity index (χ0n) is 16.9. The Hall–Kier alpha value is -3.35. The molecule has 0 atom stereocenters. The van der Waals surface area contributed by atoms with Crippen LogP contribution in [0.2, 0.25) is 0 Å². The zero-order valence-corrected chi connectivity index (χ0v) is 16.9. The number of fused-ring (bicyclic) bond motifs is 1. The number of hydrogen-bond donors (Lipinski definition) is 1. The molecule has 3 heterocycles. The van der Waals surface area contributed by atoms with Crippen molar-refractivity contribution in [2.75, 3.05) is 27.2 Å². The van der Waals surface area contributed by atoms with E-state index in [-0.39, 0.29) is 18.2 Å². The first kappa shape index (κ1) is 19.0. The highest BCUT2D eigenvalue weighted by Crippen LogP contribution is 2.26. The first-order valence-electron chi connectivity index (χ1n) is 9.64. The minimum absolute atomic E-state index is 0.0339. The van der Waals surface area contributed by atoms with E-state index >= 15 is 0 Å². The third-order valence-electron chi connectivity index (χ3n) is 5.14. The molecule has 0 unspecified atom stereocenters. The Bertz CT molecular complexity index is 1110. The minimum Gasteiger partial charge on any atom is -0.361 e. The van der Waals surface area contributed by atoms with Gasteiger partial charge >= 0.3 is 0 Å². The van der Waals surface area contributed by atoms with Gasteiger partial charge in [0.15, 0.2) is 0 Å². The molecule has 150 valence electrons. The number of rotatable bonds is 4. The van der Waals surface area contributed by atoms with E-state index < -0.39 is 0 Å². The fourth-order valence-corrected chi connectivity index (χ4v) is 3.61. The van der Waals surface area contributed by atoms with Gasteiger partial charge in [0.05, 0.1) is 12.1 Å². The average Bonchev–Trinajstić information content (AvgIpc) is 3.32. The van der Waals surface area contributed by atoms with Crippen molar-refractivity contribution in [3.8, 4) is 0 Å². The molecule has 0 aliphatic carbocycles. The lowest BCUT2D eigenvalue weighted by Gasteiger charge is -2.27. The maximum atomic E-state index is 12.7. The Morgan fingerprint density at radius 1 is 1.24 bits per heavy atom. The van der Waals surface area contributed by atoms with Crippen LogP contribution in [0.5, 0.6) is 0 Å². The quantitative estimate of drug-likeness (QED) is 0.740. The van der Waals surface area contributed by atoms with Crippen molar-refractivity contribution in [2.45, 2.75) is 19.8 Å². The van der Waals surface area contributed by atoms with Crippen LogP contribution in [-0.4, -0.2) is 58.9 Å². The fourth-order valence-electron chi connectivity index (χ4n) is 3.61. The lowest BCUT2D eigenvalue weighted by atomic mass is 10.00. The van der Waals surface area contributed by atoms with Gasteiger partial charge in [-0.15, -0.1) is 0 Å². The Morgan fingerprint density at radius 2 is 2.07 bits per heavy atom. The molecule has 29 heavy (non-hydrogen) atoms. The van der Waals surface area contributed by atoms with E-state index in [1.807, 2.05) is 36.1 Å². The number of benzene rings is 1. The summed E-state index contributed by atoms with van der Waals surface area (Å²) in [5.74, 6) is 0.570. The molecule has 1 aliphatic heterocycles. The van der Waals surface area contributed by atoms with Gasteiger partial charge in [0.2, 0.25) is 5.91 Å². The van der Waals surface area contributed by atoms with Crippen LogP contribution in [0.4, 0.5) is 0 Å². The fraction of sp³-hybridized carbons (Fsp3) is 0.318. The average molecular weight is 392 g/mol. The number of aryl methyl sites for hydroxylation is 1. The van der Waals surface area contributed by atoms with Crippen molar-refractivity contribution in [2.24, 2.45) is 0 Å². The molecule has 0 spiro atoms. The van der Waals surface area contributed by atoms with Gasteiger partial charge in [-0.2, -0.15) is 0 Å². The molecule has 0 fully saturated rings. The highest BCUT2D eigenvalue weighted by molar-refractivity contribution is 5.98. The number of aromatic amines is 1. The second kappa shape index (κ2) is 7.58. The molecule has 7 nitrogen and oxygen atoms in total. The van der Waals surface area contributed by atoms with Gasteiger partial charge in [-0.1, -0.05) is 23.4 Å². The summed E-state index contributed by atoms with van der Waals surface area (Å²) in [4.78, 5) is 31.5. The predicted octanol–water partition coefficient (Wildman–Crippen LogP) is 3.02. The Labute approximate surface area is 169 Å². The summed E-state index contributed by atoms with van der Waals surface area (Å²) in [6.45, 7) is 3.09. The lowest BCUT2D eigenvalue weighted by molar-refractivity contribution is -0.130. The third-order valence-corrected chi connectivity index (χ3v) is 5.14. The van der Waals surface area contributed by atoms with Crippen molar-refractivity contribution in [1.82, 2.24) is 19.9 Å². The molecule has 1 aliphatic rings. The van der Waals surface area contributed by atoms with E-state index in [0.29, 0.717) is 24.5 Å². The van der Waals surface area contributed by atoms with Crippen LogP contribution in [0.1, 0.15) is 33.9 Å². The van der Waals surface area contributed by atoms with E-state index in [1.165, 1.54) is 0 Å². The summed E-state index contributed by atoms with van der Waals surface area (Å²) in [6.07, 6.45) is 3.21. The van der Waals surface area contributed by atoms with Gasteiger partial charge in [0.1, 0.15) is 11.5 Å². The van der Waals surface area contributed by atoms with Crippen LogP contribution in [0.3, 0.4) is 0 Å². The second-order valence-electron chi connectivity index (χ2n) is 7.63. The number of aromatic nitrogens is 2. The van der Waals surface area contributed by atoms with E-state index in [4.69, 9.17) is 4.52 Å². The van der Waals surface area contributed by atoms with Crippen LogP contribution < -0.4 is 0 Å². The number of nitrogens with one attached hydrogen (secondary N) is 1. The summed E-state index contributed by atoms with van der Waals surface area (Å²) in [6, 6.07) is 9.75. The summed E-state index contributed by atoms with van der Waals surface area (Å²) < 4.78 is 5.18. The highest BCUT2D eigenvalue weighted by Gasteiger charge is 2.21. The van der Waals surface area contributed by atoms with Gasteiger partial charge in [0.25, 0.3) is 5.91 Å². The van der Waals surface area contributed by atoms with Crippen molar-refractivity contribution in [3.05, 3.63) is 59.1 Å². The molecule has 2 aromatic heterocycles. The molecule has 0 saturated heterocycles.